The lowest BCUT2D eigenvalue weighted by molar-refractivity contribution is 0.572. The van der Waals surface area contributed by atoms with Crippen molar-refractivity contribution in [3.63, 3.8) is 0 Å². The first-order valence-electron chi connectivity index (χ1n) is 3.39. The van der Waals surface area contributed by atoms with Crippen LogP contribution in [-0.2, 0) is 0 Å². The fourth-order valence-electron chi connectivity index (χ4n) is 0.587. The highest BCUT2D eigenvalue weighted by molar-refractivity contribution is 6.25. The Morgan fingerprint density at radius 3 is 2.70 bits per heavy atom. The van der Waals surface area contributed by atoms with Crippen LogP contribution in [0.25, 0.3) is 0 Å². The van der Waals surface area contributed by atoms with Gasteiger partial charge in [0.2, 0.25) is 0 Å². The van der Waals surface area contributed by atoms with Crippen LogP contribution in [0.4, 0.5) is 0 Å². The van der Waals surface area contributed by atoms with Crippen molar-refractivity contribution < 1.29 is 0 Å². The number of halogens is 2. The Labute approximate surface area is 72.4 Å². The maximum absolute atomic E-state index is 5.63. The quantitative estimate of drug-likeness (QED) is 0.643. The molecule has 60 valence electrons. The fourth-order valence-corrected chi connectivity index (χ4v) is 1.00. The minimum atomic E-state index is 0.412. The van der Waals surface area contributed by atoms with E-state index < -0.39 is 0 Å². The molecule has 0 saturated carbocycles. The monoisotopic (exact) mass is 181 g/mol. The van der Waals surface area contributed by atoms with Crippen LogP contribution in [0.5, 0.6) is 0 Å². The summed E-state index contributed by atoms with van der Waals surface area (Å²) in [5.74, 6) is 0.659. The van der Waals surface area contributed by atoms with Crippen molar-refractivity contribution in [1.29, 1.82) is 0 Å². The number of hydrogen-bond donors (Lipinski definition) is 1. The molecule has 0 aromatic rings. The molecule has 0 aliphatic carbocycles. The normalized spacial score (nSPS) is 14.3. The van der Waals surface area contributed by atoms with E-state index in [9.17, 15) is 0 Å². The molecule has 0 aromatic heterocycles. The van der Waals surface area contributed by atoms with Gasteiger partial charge in [0.15, 0.2) is 0 Å². The molecule has 0 heterocycles. The Morgan fingerprint density at radius 1 is 1.60 bits per heavy atom. The summed E-state index contributed by atoms with van der Waals surface area (Å²) >= 11 is 10.9. The minimum absolute atomic E-state index is 0.412. The molecule has 1 N–H and O–H groups in total. The molecule has 0 aliphatic heterocycles. The Bertz CT molecular complexity index is 89.6. The second kappa shape index (κ2) is 7.39. The molecule has 1 unspecified atom stereocenters. The predicted octanol–water partition coefficient (Wildman–Crippen LogP) is 2.35. The molecule has 3 heteroatoms. The molecule has 1 nitrogen and oxygen atoms in total. The third-order valence-electron chi connectivity index (χ3n) is 1.29. The minimum Gasteiger partial charge on any atom is -0.309 e. The zero-order valence-corrected chi connectivity index (χ0v) is 7.62. The summed E-state index contributed by atoms with van der Waals surface area (Å²) in [4.78, 5) is 0. The average Bonchev–Trinajstić information content (AvgIpc) is 1.99. The van der Waals surface area contributed by atoms with Crippen LogP contribution in [-0.4, -0.2) is 18.5 Å². The molecule has 0 spiro atoms. The highest BCUT2D eigenvalue weighted by Gasteiger charge is 1.99. The summed E-state index contributed by atoms with van der Waals surface area (Å²) < 4.78 is 0. The molecule has 0 saturated heterocycles. The van der Waals surface area contributed by atoms with Gasteiger partial charge in [-0.1, -0.05) is 24.6 Å². The maximum atomic E-state index is 5.63. The van der Waals surface area contributed by atoms with Gasteiger partial charge in [0.1, 0.15) is 0 Å². The summed E-state index contributed by atoms with van der Waals surface area (Å²) in [5.41, 5.74) is 1.51. The van der Waals surface area contributed by atoms with E-state index >= 15 is 0 Å². The summed E-state index contributed by atoms with van der Waals surface area (Å²) in [6.07, 6.45) is 2.91. The van der Waals surface area contributed by atoms with Gasteiger partial charge in [0, 0.05) is 24.0 Å². The van der Waals surface area contributed by atoms with Crippen LogP contribution < -0.4 is 5.32 Å². The zero-order valence-electron chi connectivity index (χ0n) is 6.11. The summed E-state index contributed by atoms with van der Waals surface area (Å²) in [7, 11) is 0. The summed E-state index contributed by atoms with van der Waals surface area (Å²) in [5, 5.41) is 3.22. The van der Waals surface area contributed by atoms with Crippen molar-refractivity contribution in [3.05, 3.63) is 11.6 Å². The second-order valence-electron chi connectivity index (χ2n) is 2.03. The Morgan fingerprint density at radius 2 is 2.30 bits per heavy atom. The Balaban J connectivity index is 3.25. The average molecular weight is 182 g/mol. The van der Waals surface area contributed by atoms with Crippen molar-refractivity contribution in [3.8, 4) is 0 Å². The SMILES string of the molecule is CCC(CCl)NC/C=C/Cl. The molecule has 0 bridgehead atoms. The summed E-state index contributed by atoms with van der Waals surface area (Å²) in [6, 6.07) is 0.412. The molecule has 0 radical (unpaired) electrons. The van der Waals surface area contributed by atoms with Gasteiger partial charge in [0.05, 0.1) is 0 Å². The van der Waals surface area contributed by atoms with Gasteiger partial charge in [-0.25, -0.2) is 0 Å². The predicted molar refractivity (Wildman–Crippen MR) is 47.8 cm³/mol. The number of hydrogen-bond acceptors (Lipinski definition) is 1. The van der Waals surface area contributed by atoms with Gasteiger partial charge in [-0.3, -0.25) is 0 Å². The van der Waals surface area contributed by atoms with Crippen molar-refractivity contribution in [2.24, 2.45) is 0 Å². The second-order valence-corrected chi connectivity index (χ2v) is 2.59. The highest BCUT2D eigenvalue weighted by atomic mass is 35.5. The Hall–Kier alpha value is 0.280. The van der Waals surface area contributed by atoms with Gasteiger partial charge >= 0.3 is 0 Å². The standard InChI is InChI=1S/C7H13Cl2N/c1-2-7(6-9)10-5-3-4-8/h3-4,7,10H,2,5-6H2,1H3/b4-3+. The lowest BCUT2D eigenvalue weighted by atomic mass is 10.2. The van der Waals surface area contributed by atoms with E-state index in [1.165, 1.54) is 5.54 Å². The largest absolute Gasteiger partial charge is 0.309 e. The lowest BCUT2D eigenvalue weighted by Crippen LogP contribution is -2.29. The van der Waals surface area contributed by atoms with E-state index in [1.54, 1.807) is 0 Å². The van der Waals surface area contributed by atoms with E-state index in [2.05, 4.69) is 12.2 Å². The van der Waals surface area contributed by atoms with Crippen molar-refractivity contribution in [2.75, 3.05) is 12.4 Å². The number of alkyl halides is 1. The summed E-state index contributed by atoms with van der Waals surface area (Å²) in [6.45, 7) is 2.90. The van der Waals surface area contributed by atoms with Gasteiger partial charge < -0.3 is 5.32 Å². The Kier molecular flexibility index (Phi) is 7.59. The van der Waals surface area contributed by atoms with Gasteiger partial charge in [0.25, 0.3) is 0 Å². The van der Waals surface area contributed by atoms with E-state index in [0.29, 0.717) is 11.9 Å². The maximum Gasteiger partial charge on any atom is 0.0377 e. The van der Waals surface area contributed by atoms with Crippen LogP contribution in [0.3, 0.4) is 0 Å². The van der Waals surface area contributed by atoms with Gasteiger partial charge in [-0.15, -0.1) is 11.6 Å². The van der Waals surface area contributed by atoms with Crippen LogP contribution in [0.1, 0.15) is 13.3 Å². The molecule has 10 heavy (non-hydrogen) atoms. The van der Waals surface area contributed by atoms with E-state index in [4.69, 9.17) is 23.2 Å². The van der Waals surface area contributed by atoms with Gasteiger partial charge in [-0.05, 0) is 6.42 Å². The topological polar surface area (TPSA) is 12.0 Å². The fraction of sp³-hybridized carbons (Fsp3) is 0.714. The van der Waals surface area contributed by atoms with Crippen molar-refractivity contribution >= 4 is 23.2 Å². The third-order valence-corrected chi connectivity index (χ3v) is 1.84. The van der Waals surface area contributed by atoms with Crippen molar-refractivity contribution in [1.82, 2.24) is 5.32 Å². The lowest BCUT2D eigenvalue weighted by Gasteiger charge is -2.10. The first-order valence-corrected chi connectivity index (χ1v) is 4.36. The highest BCUT2D eigenvalue weighted by Crippen LogP contribution is 1.92. The molecular weight excluding hydrogens is 169 g/mol. The van der Waals surface area contributed by atoms with Crippen molar-refractivity contribution in [2.45, 2.75) is 19.4 Å². The van der Waals surface area contributed by atoms with Crippen LogP contribution in [0.15, 0.2) is 11.6 Å². The van der Waals surface area contributed by atoms with Crippen LogP contribution in [0, 0.1) is 0 Å². The smallest absolute Gasteiger partial charge is 0.0377 e. The van der Waals surface area contributed by atoms with E-state index in [0.717, 1.165) is 13.0 Å². The third kappa shape index (κ3) is 5.10. The van der Waals surface area contributed by atoms with E-state index in [-0.39, 0.29) is 0 Å². The molecule has 0 aromatic carbocycles. The van der Waals surface area contributed by atoms with Crippen LogP contribution >= 0.6 is 23.2 Å². The first kappa shape index (κ1) is 10.3. The van der Waals surface area contributed by atoms with Gasteiger partial charge in [-0.2, -0.15) is 0 Å². The molecule has 0 fully saturated rings. The molecular formula is C7H13Cl2N. The molecule has 0 aliphatic rings. The zero-order chi connectivity index (χ0) is 7.82. The number of rotatable bonds is 5. The molecule has 1 atom stereocenters. The first-order chi connectivity index (χ1) is 4.85. The number of nitrogens with one attached hydrogen (secondary N) is 1. The molecule has 0 rings (SSSR count). The molecule has 0 amide bonds. The van der Waals surface area contributed by atoms with E-state index in [1.807, 2.05) is 6.08 Å². The van der Waals surface area contributed by atoms with Crippen LogP contribution in [0.2, 0.25) is 0 Å².